The Morgan fingerprint density at radius 1 is 1.11 bits per heavy atom. The van der Waals surface area contributed by atoms with E-state index in [1.807, 2.05) is 12.1 Å². The van der Waals surface area contributed by atoms with Gasteiger partial charge in [0.1, 0.15) is 0 Å². The van der Waals surface area contributed by atoms with Crippen LogP contribution in [0.2, 0.25) is 5.02 Å². The number of carbonyl (C=O) groups is 1. The molecule has 0 aromatic heterocycles. The van der Waals surface area contributed by atoms with Crippen molar-refractivity contribution >= 4 is 23.2 Å². The lowest BCUT2D eigenvalue weighted by Crippen LogP contribution is -2.03. The van der Waals surface area contributed by atoms with Crippen LogP contribution in [0.25, 0.3) is 11.1 Å². The predicted molar refractivity (Wildman–Crippen MR) is 78.7 cm³/mol. The molecule has 1 N–H and O–H groups in total. The van der Waals surface area contributed by atoms with Crippen LogP contribution >= 0.6 is 11.6 Å². The lowest BCUT2D eigenvalue weighted by Gasteiger charge is -2.10. The standard InChI is InChI=1S/C16H14ClNO/c1-9-3-4-11(5-10(9)2)13-6-12-7-16(19)18-15(12)8-14(13)17/h3-6,8H,7H2,1-2H3,(H,18,19). The van der Waals surface area contributed by atoms with Gasteiger partial charge >= 0.3 is 0 Å². The van der Waals surface area contributed by atoms with E-state index in [4.69, 9.17) is 11.6 Å². The van der Waals surface area contributed by atoms with Crippen molar-refractivity contribution in [2.45, 2.75) is 20.3 Å². The molecule has 1 heterocycles. The van der Waals surface area contributed by atoms with Crippen LogP contribution < -0.4 is 5.32 Å². The van der Waals surface area contributed by atoms with Crippen LogP contribution in [-0.2, 0) is 11.2 Å². The van der Waals surface area contributed by atoms with Gasteiger partial charge in [-0.2, -0.15) is 0 Å². The maximum atomic E-state index is 11.4. The second-order valence-electron chi connectivity index (χ2n) is 5.01. The van der Waals surface area contributed by atoms with Gasteiger partial charge in [0.15, 0.2) is 0 Å². The molecule has 2 aromatic rings. The molecular weight excluding hydrogens is 258 g/mol. The van der Waals surface area contributed by atoms with E-state index in [-0.39, 0.29) is 5.91 Å². The lowest BCUT2D eigenvalue weighted by atomic mass is 9.98. The fourth-order valence-corrected chi connectivity index (χ4v) is 2.65. The van der Waals surface area contributed by atoms with E-state index < -0.39 is 0 Å². The van der Waals surface area contributed by atoms with E-state index in [1.165, 1.54) is 11.1 Å². The number of anilines is 1. The number of amides is 1. The summed E-state index contributed by atoms with van der Waals surface area (Å²) in [4.78, 5) is 11.4. The highest BCUT2D eigenvalue weighted by Gasteiger charge is 2.20. The molecule has 0 aliphatic carbocycles. The SMILES string of the molecule is Cc1ccc(-c2cc3c(cc2Cl)NC(=O)C3)cc1C. The third kappa shape index (κ3) is 2.13. The smallest absolute Gasteiger partial charge is 0.228 e. The molecule has 0 unspecified atom stereocenters. The summed E-state index contributed by atoms with van der Waals surface area (Å²) in [5.74, 6) is 0.0308. The normalized spacial score (nSPS) is 13.3. The van der Waals surface area contributed by atoms with Crippen LogP contribution in [0.4, 0.5) is 5.69 Å². The molecular formula is C16H14ClNO. The van der Waals surface area contributed by atoms with Crippen molar-refractivity contribution in [3.63, 3.8) is 0 Å². The summed E-state index contributed by atoms with van der Waals surface area (Å²) in [6.07, 6.45) is 0.435. The Kier molecular flexibility index (Phi) is 2.83. The van der Waals surface area contributed by atoms with Gasteiger partial charge < -0.3 is 5.32 Å². The average molecular weight is 272 g/mol. The van der Waals surface area contributed by atoms with Crippen molar-refractivity contribution in [3.8, 4) is 11.1 Å². The third-order valence-electron chi connectivity index (χ3n) is 3.64. The van der Waals surface area contributed by atoms with Crippen molar-refractivity contribution in [2.24, 2.45) is 0 Å². The first-order valence-electron chi connectivity index (χ1n) is 6.24. The highest BCUT2D eigenvalue weighted by Crippen LogP contribution is 2.36. The molecule has 0 bridgehead atoms. The number of aryl methyl sites for hydroxylation is 2. The van der Waals surface area contributed by atoms with E-state index in [0.29, 0.717) is 11.4 Å². The molecule has 0 fully saturated rings. The van der Waals surface area contributed by atoms with E-state index in [9.17, 15) is 4.79 Å². The van der Waals surface area contributed by atoms with Crippen LogP contribution in [0.15, 0.2) is 30.3 Å². The van der Waals surface area contributed by atoms with Gasteiger partial charge in [0.05, 0.1) is 11.4 Å². The summed E-state index contributed by atoms with van der Waals surface area (Å²) < 4.78 is 0. The highest BCUT2D eigenvalue weighted by atomic mass is 35.5. The average Bonchev–Trinajstić information content (AvgIpc) is 2.71. The van der Waals surface area contributed by atoms with Gasteiger partial charge in [0.2, 0.25) is 5.91 Å². The van der Waals surface area contributed by atoms with Gasteiger partial charge in [-0.15, -0.1) is 0 Å². The number of carbonyl (C=O) groups excluding carboxylic acids is 1. The highest BCUT2D eigenvalue weighted by molar-refractivity contribution is 6.34. The summed E-state index contributed by atoms with van der Waals surface area (Å²) in [6.45, 7) is 4.18. The third-order valence-corrected chi connectivity index (χ3v) is 3.95. The van der Waals surface area contributed by atoms with Crippen LogP contribution in [0.3, 0.4) is 0 Å². The Bertz CT molecular complexity index is 691. The zero-order chi connectivity index (χ0) is 13.6. The van der Waals surface area contributed by atoms with Crippen LogP contribution in [-0.4, -0.2) is 5.91 Å². The largest absolute Gasteiger partial charge is 0.325 e. The van der Waals surface area contributed by atoms with Crippen molar-refractivity contribution in [3.05, 3.63) is 52.0 Å². The summed E-state index contributed by atoms with van der Waals surface area (Å²) in [6, 6.07) is 10.1. The molecule has 3 rings (SSSR count). The summed E-state index contributed by atoms with van der Waals surface area (Å²) in [5.41, 5.74) is 6.43. The zero-order valence-corrected chi connectivity index (χ0v) is 11.6. The quantitative estimate of drug-likeness (QED) is 0.831. The number of hydrogen-bond donors (Lipinski definition) is 1. The molecule has 1 aliphatic rings. The van der Waals surface area contributed by atoms with Gasteiger partial charge in [0, 0.05) is 11.3 Å². The minimum Gasteiger partial charge on any atom is -0.325 e. The Morgan fingerprint density at radius 2 is 1.89 bits per heavy atom. The van der Waals surface area contributed by atoms with Gasteiger partial charge in [0.25, 0.3) is 0 Å². The predicted octanol–water partition coefficient (Wildman–Crippen LogP) is 4.12. The minimum atomic E-state index is 0.0308. The Hall–Kier alpha value is -1.80. The lowest BCUT2D eigenvalue weighted by molar-refractivity contribution is -0.115. The summed E-state index contributed by atoms with van der Waals surface area (Å²) in [5, 5.41) is 3.48. The van der Waals surface area contributed by atoms with Crippen molar-refractivity contribution in [1.29, 1.82) is 0 Å². The molecule has 96 valence electrons. The van der Waals surface area contributed by atoms with Crippen molar-refractivity contribution < 1.29 is 4.79 Å². The fraction of sp³-hybridized carbons (Fsp3) is 0.188. The second kappa shape index (κ2) is 4.39. The summed E-state index contributed by atoms with van der Waals surface area (Å²) >= 11 is 6.33. The second-order valence-corrected chi connectivity index (χ2v) is 5.42. The van der Waals surface area contributed by atoms with E-state index >= 15 is 0 Å². The molecule has 0 spiro atoms. The maximum Gasteiger partial charge on any atom is 0.228 e. The van der Waals surface area contributed by atoms with Gasteiger partial charge in [-0.05, 0) is 48.2 Å². The van der Waals surface area contributed by atoms with E-state index in [2.05, 4.69) is 37.4 Å². The maximum absolute atomic E-state index is 11.4. The number of rotatable bonds is 1. The van der Waals surface area contributed by atoms with E-state index in [0.717, 1.165) is 22.4 Å². The molecule has 0 saturated heterocycles. The first kappa shape index (κ1) is 12.2. The van der Waals surface area contributed by atoms with Crippen LogP contribution in [0.1, 0.15) is 16.7 Å². The number of fused-ring (bicyclic) bond motifs is 1. The first-order chi connectivity index (χ1) is 9.04. The van der Waals surface area contributed by atoms with E-state index in [1.54, 1.807) is 0 Å². The van der Waals surface area contributed by atoms with Gasteiger partial charge in [-0.25, -0.2) is 0 Å². The molecule has 0 radical (unpaired) electrons. The van der Waals surface area contributed by atoms with Crippen LogP contribution in [0, 0.1) is 13.8 Å². The number of benzene rings is 2. The Balaban J connectivity index is 2.13. The molecule has 2 nitrogen and oxygen atoms in total. The fourth-order valence-electron chi connectivity index (χ4n) is 2.38. The molecule has 3 heteroatoms. The molecule has 0 atom stereocenters. The minimum absolute atomic E-state index is 0.0308. The molecule has 19 heavy (non-hydrogen) atoms. The van der Waals surface area contributed by atoms with Gasteiger partial charge in [-0.1, -0.05) is 29.8 Å². The Morgan fingerprint density at radius 3 is 2.63 bits per heavy atom. The number of hydrogen-bond acceptors (Lipinski definition) is 1. The summed E-state index contributed by atoms with van der Waals surface area (Å²) in [7, 11) is 0. The first-order valence-corrected chi connectivity index (χ1v) is 6.62. The monoisotopic (exact) mass is 271 g/mol. The Labute approximate surface area is 117 Å². The molecule has 0 saturated carbocycles. The topological polar surface area (TPSA) is 29.1 Å². The van der Waals surface area contributed by atoms with Crippen molar-refractivity contribution in [2.75, 3.05) is 5.32 Å². The van der Waals surface area contributed by atoms with Crippen LogP contribution in [0.5, 0.6) is 0 Å². The molecule has 1 amide bonds. The number of nitrogens with one attached hydrogen (secondary N) is 1. The molecule has 2 aromatic carbocycles. The number of halogens is 1. The van der Waals surface area contributed by atoms with Gasteiger partial charge in [-0.3, -0.25) is 4.79 Å². The molecule has 1 aliphatic heterocycles. The van der Waals surface area contributed by atoms with Crippen molar-refractivity contribution in [1.82, 2.24) is 0 Å². The zero-order valence-electron chi connectivity index (χ0n) is 10.9.